The van der Waals surface area contributed by atoms with E-state index >= 15 is 0 Å². The highest BCUT2D eigenvalue weighted by Gasteiger charge is 2.61. The van der Waals surface area contributed by atoms with Gasteiger partial charge in [-0.1, -0.05) is 13.8 Å². The standard InChI is InChI=1S/C10H14ClF6NO/c1-5(2)3-6(4-11)18-8(19)7(9(12,13)14)10(15,16)17/h5-7H,3-4H2,1-2H3,(H,18,19). The quantitative estimate of drug-likeness (QED) is 0.611. The fourth-order valence-corrected chi connectivity index (χ4v) is 1.70. The second-order valence-corrected chi connectivity index (χ2v) is 4.81. The lowest BCUT2D eigenvalue weighted by atomic mass is 10.0. The molecule has 0 spiro atoms. The van der Waals surface area contributed by atoms with Crippen LogP contribution in [0.1, 0.15) is 20.3 Å². The van der Waals surface area contributed by atoms with Crippen molar-refractivity contribution in [2.24, 2.45) is 11.8 Å². The number of carbonyl (C=O) groups excluding carboxylic acids is 1. The van der Waals surface area contributed by atoms with E-state index in [1.807, 2.05) is 0 Å². The predicted molar refractivity (Wildman–Crippen MR) is 57.7 cm³/mol. The minimum atomic E-state index is -5.68. The average molecular weight is 314 g/mol. The Balaban J connectivity index is 4.93. The van der Waals surface area contributed by atoms with Gasteiger partial charge in [0, 0.05) is 11.9 Å². The Morgan fingerprint density at radius 2 is 1.53 bits per heavy atom. The summed E-state index contributed by atoms with van der Waals surface area (Å²) in [5.74, 6) is -6.43. The van der Waals surface area contributed by atoms with Crippen LogP contribution >= 0.6 is 11.6 Å². The van der Waals surface area contributed by atoms with Gasteiger partial charge in [0.25, 0.3) is 0 Å². The molecular weight excluding hydrogens is 300 g/mol. The van der Waals surface area contributed by atoms with Crippen molar-refractivity contribution in [2.75, 3.05) is 5.88 Å². The van der Waals surface area contributed by atoms with Crippen LogP contribution in [-0.4, -0.2) is 30.2 Å². The van der Waals surface area contributed by atoms with Gasteiger partial charge in [-0.25, -0.2) is 0 Å². The third kappa shape index (κ3) is 6.35. The van der Waals surface area contributed by atoms with E-state index in [1.54, 1.807) is 19.2 Å². The number of amides is 1. The van der Waals surface area contributed by atoms with Crippen LogP contribution in [0.3, 0.4) is 0 Å². The Morgan fingerprint density at radius 3 is 1.79 bits per heavy atom. The lowest BCUT2D eigenvalue weighted by Gasteiger charge is -2.25. The number of hydrogen-bond donors (Lipinski definition) is 1. The Morgan fingerprint density at radius 1 is 1.11 bits per heavy atom. The van der Waals surface area contributed by atoms with Crippen molar-refractivity contribution >= 4 is 17.5 Å². The van der Waals surface area contributed by atoms with Crippen molar-refractivity contribution in [3.05, 3.63) is 0 Å². The van der Waals surface area contributed by atoms with Crippen LogP contribution in [0, 0.1) is 11.8 Å². The smallest absolute Gasteiger partial charge is 0.351 e. The molecule has 9 heteroatoms. The van der Waals surface area contributed by atoms with E-state index in [0.717, 1.165) is 0 Å². The highest BCUT2D eigenvalue weighted by Crippen LogP contribution is 2.39. The first-order chi connectivity index (χ1) is 8.39. The third-order valence-electron chi connectivity index (χ3n) is 2.21. The topological polar surface area (TPSA) is 29.1 Å². The molecule has 0 rings (SSSR count). The molecule has 0 fully saturated rings. The summed E-state index contributed by atoms with van der Waals surface area (Å²) in [7, 11) is 0. The molecule has 19 heavy (non-hydrogen) atoms. The zero-order chi connectivity index (χ0) is 15.4. The molecule has 0 aliphatic rings. The van der Waals surface area contributed by atoms with Gasteiger partial charge in [0.15, 0.2) is 0 Å². The number of rotatable bonds is 5. The van der Waals surface area contributed by atoms with Crippen LogP contribution in [0.4, 0.5) is 26.3 Å². The maximum absolute atomic E-state index is 12.3. The SMILES string of the molecule is CC(C)CC(CCl)NC(=O)C(C(F)(F)F)C(F)(F)F. The largest absolute Gasteiger partial charge is 0.409 e. The normalized spacial score (nSPS) is 14.9. The molecule has 0 heterocycles. The van der Waals surface area contributed by atoms with Crippen molar-refractivity contribution < 1.29 is 31.1 Å². The molecule has 0 aliphatic carbocycles. The van der Waals surface area contributed by atoms with Gasteiger partial charge in [0.1, 0.15) is 0 Å². The Bertz CT molecular complexity index is 287. The summed E-state index contributed by atoms with van der Waals surface area (Å²) < 4.78 is 73.6. The van der Waals surface area contributed by atoms with Crippen molar-refractivity contribution in [3.8, 4) is 0 Å². The van der Waals surface area contributed by atoms with Crippen LogP contribution in [0.15, 0.2) is 0 Å². The van der Waals surface area contributed by atoms with Gasteiger partial charge in [0.2, 0.25) is 11.8 Å². The molecule has 2 nitrogen and oxygen atoms in total. The highest BCUT2D eigenvalue weighted by molar-refractivity contribution is 6.18. The highest BCUT2D eigenvalue weighted by atomic mass is 35.5. The first kappa shape index (κ1) is 18.3. The summed E-state index contributed by atoms with van der Waals surface area (Å²) in [6, 6.07) is -0.929. The number of alkyl halides is 7. The van der Waals surface area contributed by atoms with Crippen molar-refractivity contribution in [1.82, 2.24) is 5.32 Å². The fourth-order valence-electron chi connectivity index (χ4n) is 1.50. The van der Waals surface area contributed by atoms with Gasteiger partial charge < -0.3 is 5.32 Å². The van der Waals surface area contributed by atoms with Crippen LogP contribution < -0.4 is 5.32 Å². The molecule has 1 atom stereocenters. The zero-order valence-corrected chi connectivity index (χ0v) is 11.0. The van der Waals surface area contributed by atoms with E-state index in [-0.39, 0.29) is 18.2 Å². The summed E-state index contributed by atoms with van der Waals surface area (Å²) in [6.07, 6.45) is -11.2. The summed E-state index contributed by atoms with van der Waals surface area (Å²) >= 11 is 5.41. The van der Waals surface area contributed by atoms with Gasteiger partial charge in [-0.05, 0) is 12.3 Å². The van der Waals surface area contributed by atoms with Crippen molar-refractivity contribution in [3.63, 3.8) is 0 Å². The van der Waals surface area contributed by atoms with Crippen LogP contribution in [-0.2, 0) is 4.79 Å². The van der Waals surface area contributed by atoms with Crippen molar-refractivity contribution in [2.45, 2.75) is 38.7 Å². The second kappa shape index (κ2) is 6.67. The molecule has 0 saturated carbocycles. The fraction of sp³-hybridized carbons (Fsp3) is 0.900. The van der Waals surface area contributed by atoms with Gasteiger partial charge in [0.05, 0.1) is 0 Å². The first-order valence-corrected chi connectivity index (χ1v) is 5.92. The zero-order valence-electron chi connectivity index (χ0n) is 10.2. The number of halogens is 7. The van der Waals surface area contributed by atoms with E-state index in [9.17, 15) is 31.1 Å². The molecular formula is C10H14ClF6NO. The molecule has 0 bridgehead atoms. The minimum absolute atomic E-state index is 0.0285. The summed E-state index contributed by atoms with van der Waals surface area (Å²) in [5.41, 5.74) is 0. The van der Waals surface area contributed by atoms with Crippen molar-refractivity contribution in [1.29, 1.82) is 0 Å². The molecule has 0 aromatic carbocycles. The Kier molecular flexibility index (Phi) is 6.44. The third-order valence-corrected chi connectivity index (χ3v) is 2.58. The lowest BCUT2D eigenvalue weighted by Crippen LogP contribution is -2.51. The van der Waals surface area contributed by atoms with Gasteiger partial charge in [-0.15, -0.1) is 11.6 Å². The van der Waals surface area contributed by atoms with E-state index in [1.165, 1.54) is 0 Å². The van der Waals surface area contributed by atoms with Gasteiger partial charge in [-0.3, -0.25) is 4.79 Å². The minimum Gasteiger partial charge on any atom is -0.351 e. The van der Waals surface area contributed by atoms with Crippen LogP contribution in [0.2, 0.25) is 0 Å². The van der Waals surface area contributed by atoms with E-state index < -0.39 is 30.2 Å². The Labute approximate surface area is 111 Å². The molecule has 1 N–H and O–H groups in total. The maximum atomic E-state index is 12.3. The molecule has 0 radical (unpaired) electrons. The van der Waals surface area contributed by atoms with E-state index in [2.05, 4.69) is 0 Å². The molecule has 1 amide bonds. The summed E-state index contributed by atoms with van der Waals surface area (Å²) in [4.78, 5) is 11.2. The number of hydrogen-bond acceptors (Lipinski definition) is 1. The van der Waals surface area contributed by atoms with E-state index in [4.69, 9.17) is 11.6 Å². The summed E-state index contributed by atoms with van der Waals surface area (Å²) in [5, 5.41) is 1.70. The van der Waals surface area contributed by atoms with Gasteiger partial charge >= 0.3 is 12.4 Å². The molecule has 0 saturated heterocycles. The number of carbonyl (C=O) groups is 1. The Hall–Kier alpha value is -0.660. The molecule has 0 aromatic heterocycles. The molecule has 1 unspecified atom stereocenters. The van der Waals surface area contributed by atoms with E-state index in [0.29, 0.717) is 0 Å². The second-order valence-electron chi connectivity index (χ2n) is 4.51. The van der Waals surface area contributed by atoms with Crippen LogP contribution in [0.5, 0.6) is 0 Å². The monoisotopic (exact) mass is 313 g/mol. The summed E-state index contributed by atoms with van der Waals surface area (Å²) in [6.45, 7) is 3.41. The average Bonchev–Trinajstić information content (AvgIpc) is 2.10. The predicted octanol–water partition coefficient (Wildman–Crippen LogP) is 3.50. The number of nitrogens with one attached hydrogen (secondary N) is 1. The molecule has 0 aromatic rings. The van der Waals surface area contributed by atoms with Crippen LogP contribution in [0.25, 0.3) is 0 Å². The lowest BCUT2D eigenvalue weighted by molar-refractivity contribution is -0.274. The molecule has 114 valence electrons. The molecule has 0 aliphatic heterocycles. The van der Waals surface area contributed by atoms with Gasteiger partial charge in [-0.2, -0.15) is 26.3 Å². The first-order valence-electron chi connectivity index (χ1n) is 5.39. The maximum Gasteiger partial charge on any atom is 0.409 e.